The van der Waals surface area contributed by atoms with Crippen molar-refractivity contribution in [3.63, 3.8) is 0 Å². The lowest BCUT2D eigenvalue weighted by Crippen LogP contribution is -2.00. The number of carboxylic acids is 1. The zero-order valence-electron chi connectivity index (χ0n) is 9.23. The molecule has 0 atom stereocenters. The van der Waals surface area contributed by atoms with Crippen molar-refractivity contribution in [3.05, 3.63) is 39.6 Å². The number of hydrogen-bond donors (Lipinski definition) is 1. The molecule has 18 heavy (non-hydrogen) atoms. The predicted molar refractivity (Wildman–Crippen MR) is 56.2 cm³/mol. The molecule has 2 rings (SSSR count). The van der Waals surface area contributed by atoms with Gasteiger partial charge in [-0.15, -0.1) is 0 Å². The highest BCUT2D eigenvalue weighted by molar-refractivity contribution is 5.86. The molecule has 0 saturated carbocycles. The van der Waals surface area contributed by atoms with Gasteiger partial charge in [0.1, 0.15) is 12.3 Å². The molecule has 94 valence electrons. The summed E-state index contributed by atoms with van der Waals surface area (Å²) >= 11 is 0. The van der Waals surface area contributed by atoms with Crippen LogP contribution >= 0.6 is 0 Å². The second kappa shape index (κ2) is 4.28. The minimum Gasteiger partial charge on any atom is -0.475 e. The van der Waals surface area contributed by atoms with Gasteiger partial charge < -0.3 is 19.6 Å². The van der Waals surface area contributed by atoms with Crippen LogP contribution in [0.1, 0.15) is 21.9 Å². The molecule has 0 spiro atoms. The van der Waals surface area contributed by atoms with Crippen molar-refractivity contribution in [2.24, 2.45) is 0 Å². The van der Waals surface area contributed by atoms with Crippen LogP contribution in [0, 0.1) is 17.0 Å². The van der Waals surface area contributed by atoms with E-state index in [1.165, 1.54) is 17.1 Å². The van der Waals surface area contributed by atoms with Crippen LogP contribution in [0.15, 0.2) is 16.8 Å². The first-order valence-corrected chi connectivity index (χ1v) is 4.84. The highest BCUT2D eigenvalue weighted by Crippen LogP contribution is 2.15. The highest BCUT2D eigenvalue weighted by Gasteiger charge is 2.17. The Morgan fingerprint density at radius 2 is 2.39 bits per heavy atom. The average molecular weight is 252 g/mol. The molecular formula is C9H8N4O5. The second-order valence-electron chi connectivity index (χ2n) is 3.53. The van der Waals surface area contributed by atoms with Crippen molar-refractivity contribution in [1.29, 1.82) is 0 Å². The number of nitro groups is 1. The standard InChI is InChI=1S/C9H8N4O5/c1-5-2-6(18-7(5)8(14)15)3-12-4-10-9(11-12)13(16)17/h2,4H,3H2,1H3,(H,14,15). The summed E-state index contributed by atoms with van der Waals surface area (Å²) in [6.45, 7) is 1.68. The van der Waals surface area contributed by atoms with E-state index in [0.717, 1.165) is 0 Å². The van der Waals surface area contributed by atoms with Gasteiger partial charge in [-0.3, -0.25) is 0 Å². The summed E-state index contributed by atoms with van der Waals surface area (Å²) in [5.74, 6) is -1.50. The summed E-state index contributed by atoms with van der Waals surface area (Å²) in [6, 6.07) is 1.54. The Labute approximate surface area is 99.8 Å². The Hall–Kier alpha value is -2.71. The molecule has 0 aliphatic heterocycles. The molecule has 2 aromatic heterocycles. The summed E-state index contributed by atoms with van der Waals surface area (Å²) in [7, 11) is 0. The smallest absolute Gasteiger partial charge is 0.475 e. The quantitative estimate of drug-likeness (QED) is 0.631. The van der Waals surface area contributed by atoms with Crippen LogP contribution in [0.3, 0.4) is 0 Å². The van der Waals surface area contributed by atoms with E-state index in [-0.39, 0.29) is 12.3 Å². The van der Waals surface area contributed by atoms with Gasteiger partial charge in [0.05, 0.1) is 0 Å². The number of carbonyl (C=O) groups is 1. The third-order valence-corrected chi connectivity index (χ3v) is 2.17. The summed E-state index contributed by atoms with van der Waals surface area (Å²) < 4.78 is 6.29. The van der Waals surface area contributed by atoms with Crippen LogP contribution in [0.25, 0.3) is 0 Å². The van der Waals surface area contributed by atoms with Crippen molar-refractivity contribution in [2.45, 2.75) is 13.5 Å². The van der Waals surface area contributed by atoms with Gasteiger partial charge >= 0.3 is 11.9 Å². The molecule has 0 unspecified atom stereocenters. The fraction of sp³-hybridized carbons (Fsp3) is 0.222. The number of nitrogens with zero attached hydrogens (tertiary/aromatic N) is 4. The Balaban J connectivity index is 2.20. The predicted octanol–water partition coefficient (Wildman–Crippen LogP) is 0.834. The highest BCUT2D eigenvalue weighted by atomic mass is 16.6. The number of aromatic nitrogens is 3. The lowest BCUT2D eigenvalue weighted by atomic mass is 10.2. The molecule has 9 nitrogen and oxygen atoms in total. The van der Waals surface area contributed by atoms with Gasteiger partial charge in [0.15, 0.2) is 0 Å². The lowest BCUT2D eigenvalue weighted by Gasteiger charge is -1.92. The summed E-state index contributed by atoms with van der Waals surface area (Å²) in [6.07, 6.45) is 1.18. The first kappa shape index (κ1) is 11.8. The van der Waals surface area contributed by atoms with E-state index >= 15 is 0 Å². The van der Waals surface area contributed by atoms with Crippen LogP contribution < -0.4 is 0 Å². The second-order valence-corrected chi connectivity index (χ2v) is 3.53. The molecule has 0 amide bonds. The molecule has 0 aliphatic carbocycles. The Kier molecular flexibility index (Phi) is 2.80. The minimum atomic E-state index is -1.16. The number of rotatable bonds is 4. The van der Waals surface area contributed by atoms with Crippen molar-refractivity contribution < 1.29 is 19.2 Å². The van der Waals surface area contributed by atoms with Crippen molar-refractivity contribution in [3.8, 4) is 0 Å². The van der Waals surface area contributed by atoms with Gasteiger partial charge in [-0.25, -0.2) is 4.79 Å². The topological polar surface area (TPSA) is 124 Å². The largest absolute Gasteiger partial charge is 0.490 e. The lowest BCUT2D eigenvalue weighted by molar-refractivity contribution is -0.394. The minimum absolute atomic E-state index is 0.0783. The SMILES string of the molecule is Cc1cc(Cn2cnc([N+](=O)[O-])n2)oc1C(=O)O. The fourth-order valence-electron chi connectivity index (χ4n) is 1.44. The van der Waals surface area contributed by atoms with E-state index in [1.807, 2.05) is 0 Å². The number of carboxylic acid groups (broad SMARTS) is 1. The normalized spacial score (nSPS) is 10.5. The van der Waals surface area contributed by atoms with Crippen LogP contribution in [-0.4, -0.2) is 30.8 Å². The van der Waals surface area contributed by atoms with E-state index in [9.17, 15) is 14.9 Å². The molecule has 0 aromatic carbocycles. The van der Waals surface area contributed by atoms with Crippen LogP contribution in [0.5, 0.6) is 0 Å². The number of furan rings is 1. The third kappa shape index (κ3) is 2.19. The van der Waals surface area contributed by atoms with E-state index < -0.39 is 16.8 Å². The van der Waals surface area contributed by atoms with Crippen LogP contribution in [0.2, 0.25) is 0 Å². The fourth-order valence-corrected chi connectivity index (χ4v) is 1.44. The van der Waals surface area contributed by atoms with E-state index in [4.69, 9.17) is 9.52 Å². The Morgan fingerprint density at radius 3 is 2.89 bits per heavy atom. The first-order valence-electron chi connectivity index (χ1n) is 4.84. The molecule has 2 aromatic rings. The molecule has 1 N–H and O–H groups in total. The van der Waals surface area contributed by atoms with E-state index in [0.29, 0.717) is 11.3 Å². The van der Waals surface area contributed by atoms with Crippen LogP contribution in [-0.2, 0) is 6.54 Å². The number of aryl methyl sites for hydroxylation is 1. The van der Waals surface area contributed by atoms with Gasteiger partial charge in [0.25, 0.3) is 0 Å². The Morgan fingerprint density at radius 1 is 1.67 bits per heavy atom. The zero-order valence-corrected chi connectivity index (χ0v) is 9.23. The average Bonchev–Trinajstić information content (AvgIpc) is 2.86. The van der Waals surface area contributed by atoms with Gasteiger partial charge in [-0.1, -0.05) is 4.98 Å². The van der Waals surface area contributed by atoms with Gasteiger partial charge in [-0.2, -0.15) is 4.68 Å². The van der Waals surface area contributed by atoms with Crippen molar-refractivity contribution in [2.75, 3.05) is 0 Å². The first-order chi connectivity index (χ1) is 8.47. The summed E-state index contributed by atoms with van der Waals surface area (Å²) in [5, 5.41) is 22.8. The molecule has 0 saturated heterocycles. The van der Waals surface area contributed by atoms with Crippen LogP contribution in [0.4, 0.5) is 5.95 Å². The maximum Gasteiger partial charge on any atom is 0.490 e. The molecule has 2 heterocycles. The monoisotopic (exact) mass is 252 g/mol. The molecular weight excluding hydrogens is 244 g/mol. The number of hydrogen-bond acceptors (Lipinski definition) is 6. The Bertz CT molecular complexity index is 614. The molecule has 0 radical (unpaired) electrons. The summed E-state index contributed by atoms with van der Waals surface area (Å²) in [5.41, 5.74) is 0.479. The van der Waals surface area contributed by atoms with Crippen molar-refractivity contribution in [1.82, 2.24) is 14.8 Å². The molecule has 0 aliphatic rings. The van der Waals surface area contributed by atoms with Crippen molar-refractivity contribution >= 4 is 11.9 Å². The molecule has 9 heteroatoms. The maximum atomic E-state index is 10.8. The maximum absolute atomic E-state index is 10.8. The molecule has 0 bridgehead atoms. The summed E-state index contributed by atoms with van der Waals surface area (Å²) in [4.78, 5) is 23.9. The van der Waals surface area contributed by atoms with E-state index in [1.54, 1.807) is 6.92 Å². The zero-order chi connectivity index (χ0) is 13.3. The van der Waals surface area contributed by atoms with Gasteiger partial charge in [0, 0.05) is 10.7 Å². The third-order valence-electron chi connectivity index (χ3n) is 2.17. The number of aromatic carboxylic acids is 1. The van der Waals surface area contributed by atoms with Gasteiger partial charge in [0.2, 0.25) is 12.1 Å². The van der Waals surface area contributed by atoms with Gasteiger partial charge in [-0.05, 0) is 17.9 Å². The molecule has 0 fully saturated rings. The van der Waals surface area contributed by atoms with E-state index in [2.05, 4.69) is 10.1 Å².